The normalized spacial score (nSPS) is 14.7. The van der Waals surface area contributed by atoms with Crippen LogP contribution in [-0.4, -0.2) is 95.9 Å². The molecule has 0 aliphatic rings. The van der Waals surface area contributed by atoms with Gasteiger partial charge in [0.15, 0.2) is 6.10 Å². The zero-order chi connectivity index (χ0) is 78.0. The highest BCUT2D eigenvalue weighted by molar-refractivity contribution is 7.47. The number of aliphatic hydroxyl groups is 2. The molecule has 18 heteroatoms. The van der Waals surface area contributed by atoms with Gasteiger partial charge >= 0.3 is 33.6 Å². The quantitative estimate of drug-likeness (QED) is 0.0146. The number of unbranched alkanes of at least 4 members (excludes halogenated alkanes) is 29. The Morgan fingerprint density at radius 2 is 0.495 bits per heavy atom. The Bertz CT molecular complexity index is 2580. The first-order valence-electron chi connectivity index (χ1n) is 41.8. The Hall–Kier alpha value is -4.83. The lowest BCUT2D eigenvalue weighted by molar-refractivity contribution is -0.161. The molecular weight excluding hydrogens is 1390 g/mol. The maximum absolute atomic E-state index is 13.0. The Balaban J connectivity index is 4.53. The largest absolute Gasteiger partial charge is 0.472 e. The molecule has 0 amide bonds. The van der Waals surface area contributed by atoms with Crippen molar-refractivity contribution in [2.24, 2.45) is 0 Å². The van der Waals surface area contributed by atoms with Crippen LogP contribution in [0.2, 0.25) is 0 Å². The summed E-state index contributed by atoms with van der Waals surface area (Å²) < 4.78 is 61.2. The number of hydrogen-bond acceptors (Lipinski definition) is 14. The van der Waals surface area contributed by atoms with Crippen molar-refractivity contribution in [3.63, 3.8) is 0 Å². The van der Waals surface area contributed by atoms with E-state index in [0.29, 0.717) is 19.3 Å². The third-order valence-corrected chi connectivity index (χ3v) is 19.1. The number of carbonyl (C=O) groups is 3. The molecule has 0 aliphatic heterocycles. The highest BCUT2D eigenvalue weighted by atomic mass is 31.2. The maximum Gasteiger partial charge on any atom is 0.472 e. The first-order valence-corrected chi connectivity index (χ1v) is 44.8. The molecule has 0 fully saturated rings. The van der Waals surface area contributed by atoms with E-state index >= 15 is 0 Å². The number of allylic oxidation sites excluding steroid dienone is 26. The van der Waals surface area contributed by atoms with Gasteiger partial charge in [-0.2, -0.15) is 0 Å². The standard InChI is InChI=1S/C89H150O16P2/c1-4-7-10-13-16-19-22-25-28-31-34-35-36-37-38-39-40-41-42-43-44-45-46-47-50-52-54-57-60-63-66-69-72-75-87(92)99-78-84(90)79-101-106(95,96)102-80-85(91)81-103-107(97,98)104-83-86(105-89(94)77-74-71-68-65-62-59-56-53-49-33-30-27-24-21-18-15-12-9-6-3)82-100-88(93)76-73-70-67-64-61-58-55-51-48-32-29-26-23-20-17-14-11-8-5-2/h8-9,11-12,16-21,25-30,34-35,37-38,48-49,51,53,58,61,84-86,90-91H,4-7,10,13-15,22-24,31-33,36,39-47,50,52,54-57,59-60,62-83H2,1-3H3,(H,95,96)(H,97,98)/b11-8-,12-9-,19-16-,20-17-,21-18-,28-25-,29-26-,30-27-,35-34-,38-37-,51-48-,53-49-,61-58-. The second-order valence-electron chi connectivity index (χ2n) is 27.5. The fourth-order valence-corrected chi connectivity index (χ4v) is 12.5. The molecule has 0 aromatic rings. The maximum atomic E-state index is 13.0. The number of ether oxygens (including phenoxy) is 3. The Morgan fingerprint density at radius 3 is 0.794 bits per heavy atom. The summed E-state index contributed by atoms with van der Waals surface area (Å²) in [5.74, 6) is -1.63. The average Bonchev–Trinajstić information content (AvgIpc) is 0.934. The van der Waals surface area contributed by atoms with Crippen molar-refractivity contribution < 1.29 is 75.8 Å². The lowest BCUT2D eigenvalue weighted by atomic mass is 10.0. The first kappa shape index (κ1) is 102. The Kier molecular flexibility index (Phi) is 77.0. The van der Waals surface area contributed by atoms with Crippen LogP contribution in [0.5, 0.6) is 0 Å². The molecule has 0 aromatic heterocycles. The minimum atomic E-state index is -4.95. The number of aliphatic hydroxyl groups excluding tert-OH is 2. The zero-order valence-corrected chi connectivity index (χ0v) is 68.8. The summed E-state index contributed by atoms with van der Waals surface area (Å²) in [5, 5.41) is 20.7. The van der Waals surface area contributed by atoms with Crippen molar-refractivity contribution in [2.45, 2.75) is 347 Å². The van der Waals surface area contributed by atoms with Crippen molar-refractivity contribution in [3.8, 4) is 0 Å². The zero-order valence-electron chi connectivity index (χ0n) is 67.0. The average molecular weight is 1540 g/mol. The summed E-state index contributed by atoms with van der Waals surface area (Å²) in [6, 6.07) is 0. The lowest BCUT2D eigenvalue weighted by Crippen LogP contribution is -2.30. The summed E-state index contributed by atoms with van der Waals surface area (Å²) in [6.07, 6.45) is 102. The lowest BCUT2D eigenvalue weighted by Gasteiger charge is -2.21. The molecule has 0 rings (SSSR count). The molecule has 107 heavy (non-hydrogen) atoms. The molecule has 612 valence electrons. The van der Waals surface area contributed by atoms with E-state index < -0.39 is 91.5 Å². The van der Waals surface area contributed by atoms with Crippen LogP contribution in [0.4, 0.5) is 0 Å². The molecule has 5 unspecified atom stereocenters. The van der Waals surface area contributed by atoms with E-state index in [9.17, 15) is 43.5 Å². The van der Waals surface area contributed by atoms with Gasteiger partial charge in [-0.3, -0.25) is 32.5 Å². The molecule has 0 bridgehead atoms. The van der Waals surface area contributed by atoms with Crippen molar-refractivity contribution in [3.05, 3.63) is 158 Å². The van der Waals surface area contributed by atoms with Gasteiger partial charge in [0.05, 0.1) is 26.4 Å². The Morgan fingerprint density at radius 1 is 0.271 bits per heavy atom. The molecule has 5 atom stereocenters. The molecule has 0 radical (unpaired) electrons. The minimum Gasteiger partial charge on any atom is -0.463 e. The molecule has 0 saturated carbocycles. The molecule has 0 spiro atoms. The van der Waals surface area contributed by atoms with E-state index in [4.69, 9.17) is 32.3 Å². The molecule has 0 aromatic carbocycles. The van der Waals surface area contributed by atoms with E-state index in [-0.39, 0.29) is 19.3 Å². The molecular formula is C89H150O16P2. The monoisotopic (exact) mass is 1540 g/mol. The Labute approximate surface area is 650 Å². The van der Waals surface area contributed by atoms with Gasteiger partial charge < -0.3 is 34.2 Å². The second-order valence-corrected chi connectivity index (χ2v) is 30.4. The summed E-state index contributed by atoms with van der Waals surface area (Å²) in [6.45, 7) is 2.38. The number of carbonyl (C=O) groups excluding carboxylic acids is 3. The van der Waals surface area contributed by atoms with Gasteiger partial charge in [0.2, 0.25) is 0 Å². The van der Waals surface area contributed by atoms with Crippen molar-refractivity contribution in [1.29, 1.82) is 0 Å². The van der Waals surface area contributed by atoms with Gasteiger partial charge in [-0.25, -0.2) is 9.13 Å². The smallest absolute Gasteiger partial charge is 0.463 e. The van der Waals surface area contributed by atoms with Crippen LogP contribution >= 0.6 is 15.6 Å². The highest BCUT2D eigenvalue weighted by Gasteiger charge is 2.29. The predicted octanol–water partition coefficient (Wildman–Crippen LogP) is 25.0. The summed E-state index contributed by atoms with van der Waals surface area (Å²) in [5.41, 5.74) is 0. The van der Waals surface area contributed by atoms with Crippen LogP contribution in [0.1, 0.15) is 329 Å². The summed E-state index contributed by atoms with van der Waals surface area (Å²) >= 11 is 0. The van der Waals surface area contributed by atoms with E-state index in [1.165, 1.54) is 116 Å². The van der Waals surface area contributed by atoms with E-state index in [1.54, 1.807) is 0 Å². The summed E-state index contributed by atoms with van der Waals surface area (Å²) in [7, 11) is -9.82. The van der Waals surface area contributed by atoms with E-state index in [2.05, 4.69) is 179 Å². The summed E-state index contributed by atoms with van der Waals surface area (Å²) in [4.78, 5) is 58.7. The minimum absolute atomic E-state index is 0.0757. The molecule has 4 N–H and O–H groups in total. The fourth-order valence-electron chi connectivity index (χ4n) is 10.9. The van der Waals surface area contributed by atoms with Crippen LogP contribution in [0.15, 0.2) is 158 Å². The van der Waals surface area contributed by atoms with Crippen LogP contribution in [-0.2, 0) is 55.8 Å². The van der Waals surface area contributed by atoms with Crippen LogP contribution in [0.3, 0.4) is 0 Å². The van der Waals surface area contributed by atoms with Crippen LogP contribution in [0, 0.1) is 0 Å². The third-order valence-electron chi connectivity index (χ3n) is 17.2. The molecule has 0 heterocycles. The second kappa shape index (κ2) is 80.7. The van der Waals surface area contributed by atoms with Crippen molar-refractivity contribution in [1.82, 2.24) is 0 Å². The van der Waals surface area contributed by atoms with Crippen LogP contribution < -0.4 is 0 Å². The van der Waals surface area contributed by atoms with E-state index in [1.807, 2.05) is 0 Å². The SMILES string of the molecule is CC/C=C\C/C=C\C/C=C\C/C=C\C/C=C\CCCCCC(=O)OCC(COP(=O)(O)OCC(O)COP(=O)(O)OCC(O)COC(=O)CCCCCCCCCCCCCCCCCCC/C=C\C/C=C\C/C=C\C/C=C\CCCCC)OC(=O)CCCCCCCC/C=C\C/C=C\C/C=C\C/C=C\CC. The molecule has 16 nitrogen and oxygen atoms in total. The molecule has 0 aliphatic carbocycles. The third kappa shape index (κ3) is 82.0. The van der Waals surface area contributed by atoms with Gasteiger partial charge in [0, 0.05) is 19.3 Å². The number of hydrogen-bond donors (Lipinski definition) is 4. The van der Waals surface area contributed by atoms with Gasteiger partial charge in [0.25, 0.3) is 0 Å². The van der Waals surface area contributed by atoms with Crippen molar-refractivity contribution in [2.75, 3.05) is 39.6 Å². The van der Waals surface area contributed by atoms with Gasteiger partial charge in [0.1, 0.15) is 25.4 Å². The number of phosphoric acid groups is 2. The topological polar surface area (TPSA) is 231 Å². The first-order chi connectivity index (χ1) is 52.2. The van der Waals surface area contributed by atoms with E-state index in [0.717, 1.165) is 154 Å². The fraction of sp³-hybridized carbons (Fsp3) is 0.674. The highest BCUT2D eigenvalue weighted by Crippen LogP contribution is 2.45. The van der Waals surface area contributed by atoms with Gasteiger partial charge in [-0.05, 0) is 148 Å². The van der Waals surface area contributed by atoms with Gasteiger partial charge in [-0.1, -0.05) is 320 Å². The molecule has 0 saturated heterocycles. The number of rotatable bonds is 78. The van der Waals surface area contributed by atoms with Crippen LogP contribution in [0.25, 0.3) is 0 Å². The van der Waals surface area contributed by atoms with Crippen molar-refractivity contribution >= 4 is 33.6 Å². The predicted molar refractivity (Wildman–Crippen MR) is 445 cm³/mol. The number of phosphoric ester groups is 2. The number of esters is 3. The van der Waals surface area contributed by atoms with Gasteiger partial charge in [-0.15, -0.1) is 0 Å².